The molecular weight excluding hydrogens is 427 g/mol. The fraction of sp³-hybridized carbons (Fsp3) is 0. The molecule has 2 aromatic heterocycles. The van der Waals surface area contributed by atoms with Crippen molar-refractivity contribution in [2.75, 3.05) is 10.0 Å². The van der Waals surface area contributed by atoms with Crippen LogP contribution in [0.4, 0.5) is 15.8 Å². The van der Waals surface area contributed by atoms with E-state index < -0.39 is 21.7 Å². The first-order valence-corrected chi connectivity index (χ1v) is 11.1. The molecule has 2 aromatic carbocycles. The zero-order valence-corrected chi connectivity index (χ0v) is 16.9. The van der Waals surface area contributed by atoms with Crippen molar-refractivity contribution in [3.63, 3.8) is 0 Å². The average Bonchev–Trinajstić information content (AvgIpc) is 3.41. The first-order chi connectivity index (χ1) is 14.4. The van der Waals surface area contributed by atoms with E-state index in [0.29, 0.717) is 5.69 Å². The van der Waals surface area contributed by atoms with Crippen molar-refractivity contribution in [1.29, 1.82) is 0 Å². The van der Waals surface area contributed by atoms with E-state index >= 15 is 0 Å². The van der Waals surface area contributed by atoms with Crippen molar-refractivity contribution in [2.24, 2.45) is 0 Å². The lowest BCUT2D eigenvalue weighted by Crippen LogP contribution is -2.17. The summed E-state index contributed by atoms with van der Waals surface area (Å²) in [5, 5.41) is 11.4. The van der Waals surface area contributed by atoms with Gasteiger partial charge < -0.3 is 5.32 Å². The molecule has 30 heavy (non-hydrogen) atoms. The van der Waals surface area contributed by atoms with Crippen LogP contribution in [0.5, 0.6) is 0 Å². The van der Waals surface area contributed by atoms with Crippen LogP contribution in [0, 0.1) is 5.82 Å². The Labute approximate surface area is 175 Å². The quantitative estimate of drug-likeness (QED) is 0.413. The topological polar surface area (TPSA) is 104 Å². The van der Waals surface area contributed by atoms with Crippen LogP contribution in [0.25, 0.3) is 10.6 Å². The number of hydrogen-bond acceptors (Lipinski definition) is 5. The molecule has 0 saturated carbocycles. The van der Waals surface area contributed by atoms with Gasteiger partial charge in [-0.15, -0.1) is 11.3 Å². The zero-order chi connectivity index (χ0) is 21.1. The van der Waals surface area contributed by atoms with E-state index in [1.807, 2.05) is 17.5 Å². The van der Waals surface area contributed by atoms with Gasteiger partial charge in [0.25, 0.3) is 15.9 Å². The third kappa shape index (κ3) is 4.24. The maximum absolute atomic E-state index is 13.1. The molecule has 0 fully saturated rings. The van der Waals surface area contributed by atoms with Crippen LogP contribution in [0.3, 0.4) is 0 Å². The molecule has 0 aliphatic rings. The number of nitrogens with one attached hydrogen (secondary N) is 3. The van der Waals surface area contributed by atoms with Crippen LogP contribution < -0.4 is 10.0 Å². The average molecular weight is 442 g/mol. The van der Waals surface area contributed by atoms with E-state index in [9.17, 15) is 17.6 Å². The number of aromatic nitrogens is 2. The summed E-state index contributed by atoms with van der Waals surface area (Å²) < 4.78 is 40.7. The van der Waals surface area contributed by atoms with Crippen molar-refractivity contribution in [3.8, 4) is 10.6 Å². The van der Waals surface area contributed by atoms with Gasteiger partial charge in [-0.2, -0.15) is 5.10 Å². The lowest BCUT2D eigenvalue weighted by Gasteiger charge is -2.13. The number of amides is 1. The monoisotopic (exact) mass is 442 g/mol. The highest BCUT2D eigenvalue weighted by Gasteiger charge is 2.18. The van der Waals surface area contributed by atoms with Crippen LogP contribution in [0.2, 0.25) is 0 Å². The minimum atomic E-state index is -3.97. The molecule has 0 aliphatic carbocycles. The molecular formula is C20H15FN4O3S2. The Kier molecular flexibility index (Phi) is 5.34. The number of aromatic amines is 1. The first-order valence-electron chi connectivity index (χ1n) is 8.70. The first kappa shape index (κ1) is 19.8. The maximum Gasteiger partial charge on any atom is 0.276 e. The number of anilines is 2. The van der Waals surface area contributed by atoms with Gasteiger partial charge in [-0.3, -0.25) is 14.6 Å². The second-order valence-electron chi connectivity index (χ2n) is 6.20. The van der Waals surface area contributed by atoms with Gasteiger partial charge in [0, 0.05) is 0 Å². The molecule has 0 saturated heterocycles. The Hall–Kier alpha value is -3.50. The predicted octanol–water partition coefficient (Wildman–Crippen LogP) is 4.33. The van der Waals surface area contributed by atoms with Gasteiger partial charge in [0.15, 0.2) is 5.69 Å². The van der Waals surface area contributed by atoms with Gasteiger partial charge in [0.2, 0.25) is 0 Å². The normalized spacial score (nSPS) is 11.2. The van der Waals surface area contributed by atoms with Crippen molar-refractivity contribution in [3.05, 3.63) is 83.6 Å². The maximum atomic E-state index is 13.1. The molecule has 0 atom stereocenters. The van der Waals surface area contributed by atoms with Gasteiger partial charge in [-0.25, -0.2) is 12.8 Å². The summed E-state index contributed by atoms with van der Waals surface area (Å²) in [7, 11) is -3.97. The lowest BCUT2D eigenvalue weighted by molar-refractivity contribution is 0.102. The molecule has 2 heterocycles. The number of carbonyl (C=O) groups is 1. The molecule has 4 rings (SSSR count). The number of H-pyrrole nitrogens is 1. The Balaban J connectivity index is 1.55. The molecule has 0 spiro atoms. The molecule has 0 bridgehead atoms. The second kappa shape index (κ2) is 8.09. The molecule has 10 heteroatoms. The largest absolute Gasteiger partial charge is 0.319 e. The van der Waals surface area contributed by atoms with E-state index in [-0.39, 0.29) is 22.0 Å². The number of rotatable bonds is 6. The number of hydrogen-bond donors (Lipinski definition) is 3. The number of thiophene rings is 1. The van der Waals surface area contributed by atoms with Crippen LogP contribution in [0.1, 0.15) is 10.5 Å². The number of sulfonamides is 1. The number of nitrogens with zero attached hydrogens (tertiary/aromatic N) is 1. The smallest absolute Gasteiger partial charge is 0.276 e. The Morgan fingerprint density at radius 2 is 1.73 bits per heavy atom. The standard InChI is InChI=1S/C20H15FN4O3S2/c21-13-7-9-14(10-8-13)30(27,28)25-16-5-2-1-4-15(16)22-20(26)18-12-17(23-24-18)19-6-3-11-29-19/h1-12,25H,(H,22,26)(H,23,24). The molecule has 152 valence electrons. The SMILES string of the molecule is O=C(Nc1ccccc1NS(=O)(=O)c1ccc(F)cc1)c1cc(-c2cccs2)[nH]n1. The fourth-order valence-electron chi connectivity index (χ4n) is 2.68. The van der Waals surface area contributed by atoms with E-state index in [4.69, 9.17) is 0 Å². The molecule has 0 radical (unpaired) electrons. The van der Waals surface area contributed by atoms with Crippen molar-refractivity contribution < 1.29 is 17.6 Å². The summed E-state index contributed by atoms with van der Waals surface area (Å²) in [5.41, 5.74) is 1.30. The second-order valence-corrected chi connectivity index (χ2v) is 8.83. The van der Waals surface area contributed by atoms with Gasteiger partial charge >= 0.3 is 0 Å². The number of carbonyl (C=O) groups excluding carboxylic acids is 1. The third-order valence-electron chi connectivity index (χ3n) is 4.14. The van der Waals surface area contributed by atoms with Crippen LogP contribution in [-0.4, -0.2) is 24.5 Å². The van der Waals surface area contributed by atoms with Crippen molar-refractivity contribution in [2.45, 2.75) is 4.90 Å². The molecule has 0 aliphatic heterocycles. The van der Waals surface area contributed by atoms with Gasteiger partial charge in [-0.05, 0) is 53.9 Å². The highest BCUT2D eigenvalue weighted by molar-refractivity contribution is 7.92. The summed E-state index contributed by atoms with van der Waals surface area (Å²) in [4.78, 5) is 13.5. The van der Waals surface area contributed by atoms with Crippen LogP contribution in [0.15, 0.2) is 77.0 Å². The summed E-state index contributed by atoms with van der Waals surface area (Å²) in [6.07, 6.45) is 0. The van der Waals surface area contributed by atoms with Gasteiger partial charge in [0.05, 0.1) is 26.8 Å². The van der Waals surface area contributed by atoms with Gasteiger partial charge in [0.1, 0.15) is 5.82 Å². The molecule has 3 N–H and O–H groups in total. The van der Waals surface area contributed by atoms with E-state index in [1.54, 1.807) is 24.3 Å². The van der Waals surface area contributed by atoms with Crippen LogP contribution in [-0.2, 0) is 10.0 Å². The highest BCUT2D eigenvalue weighted by Crippen LogP contribution is 2.26. The fourth-order valence-corrected chi connectivity index (χ4v) is 4.45. The van der Waals surface area contributed by atoms with E-state index in [0.717, 1.165) is 29.1 Å². The number of halogens is 1. The predicted molar refractivity (Wildman–Crippen MR) is 114 cm³/mol. The summed E-state index contributed by atoms with van der Waals surface area (Å²) in [5.74, 6) is -1.04. The lowest BCUT2D eigenvalue weighted by atomic mass is 10.2. The number of para-hydroxylation sites is 2. The molecule has 4 aromatic rings. The molecule has 7 nitrogen and oxygen atoms in total. The minimum absolute atomic E-state index is 0.0991. The number of benzene rings is 2. The highest BCUT2D eigenvalue weighted by atomic mass is 32.2. The third-order valence-corrected chi connectivity index (χ3v) is 6.43. The van der Waals surface area contributed by atoms with E-state index in [1.165, 1.54) is 17.4 Å². The molecule has 0 unspecified atom stereocenters. The summed E-state index contributed by atoms with van der Waals surface area (Å²) in [6, 6.07) is 16.2. The minimum Gasteiger partial charge on any atom is -0.319 e. The Morgan fingerprint density at radius 3 is 2.43 bits per heavy atom. The summed E-state index contributed by atoms with van der Waals surface area (Å²) >= 11 is 1.51. The zero-order valence-electron chi connectivity index (χ0n) is 15.3. The van der Waals surface area contributed by atoms with Gasteiger partial charge in [-0.1, -0.05) is 18.2 Å². The van der Waals surface area contributed by atoms with Crippen molar-refractivity contribution >= 4 is 38.6 Å². The summed E-state index contributed by atoms with van der Waals surface area (Å²) in [6.45, 7) is 0. The van der Waals surface area contributed by atoms with Crippen LogP contribution >= 0.6 is 11.3 Å². The van der Waals surface area contributed by atoms with E-state index in [2.05, 4.69) is 20.2 Å². The Bertz CT molecular complexity index is 1280. The van der Waals surface area contributed by atoms with Crippen molar-refractivity contribution in [1.82, 2.24) is 10.2 Å². The Morgan fingerprint density at radius 1 is 1.00 bits per heavy atom. The molecule has 1 amide bonds.